The summed E-state index contributed by atoms with van der Waals surface area (Å²) in [5.41, 5.74) is 0. The van der Waals surface area contributed by atoms with Gasteiger partial charge in [0.2, 0.25) is 0 Å². The van der Waals surface area contributed by atoms with Gasteiger partial charge in [-0.25, -0.2) is 0 Å². The Morgan fingerprint density at radius 2 is 2.00 bits per heavy atom. The fourth-order valence-electron chi connectivity index (χ4n) is 1.26. The van der Waals surface area contributed by atoms with Gasteiger partial charge in [-0.3, -0.25) is 4.79 Å². The first-order valence-electron chi connectivity index (χ1n) is 4.89. The Kier molecular flexibility index (Phi) is 7.06. The van der Waals surface area contributed by atoms with Gasteiger partial charge >= 0.3 is 0 Å². The van der Waals surface area contributed by atoms with E-state index in [1.165, 1.54) is 0 Å². The van der Waals surface area contributed by atoms with Crippen molar-refractivity contribution in [3.63, 3.8) is 0 Å². The first-order valence-corrected chi connectivity index (χ1v) is 4.89. The number of ketones is 1. The molecule has 1 atom stereocenters. The Bertz CT molecular complexity index is 121. The van der Waals surface area contributed by atoms with Gasteiger partial charge < -0.3 is 5.11 Å². The second kappa shape index (κ2) is 7.29. The summed E-state index contributed by atoms with van der Waals surface area (Å²) < 4.78 is 0. The normalized spacial score (nSPS) is 12.9. The van der Waals surface area contributed by atoms with Crippen molar-refractivity contribution in [2.75, 3.05) is 6.61 Å². The lowest BCUT2D eigenvalue weighted by atomic mass is 9.96. The monoisotopic (exact) mass is 172 g/mol. The number of hydrogen-bond acceptors (Lipinski definition) is 2. The lowest BCUT2D eigenvalue weighted by molar-refractivity contribution is -0.124. The van der Waals surface area contributed by atoms with Gasteiger partial charge in [-0.15, -0.1) is 0 Å². The molecule has 1 N–H and O–H groups in total. The highest BCUT2D eigenvalue weighted by Crippen LogP contribution is 2.10. The Morgan fingerprint density at radius 3 is 2.42 bits per heavy atom. The summed E-state index contributed by atoms with van der Waals surface area (Å²) in [4.78, 5) is 11.4. The number of unbranched alkanes of at least 4 members (excludes halogenated alkanes) is 1. The topological polar surface area (TPSA) is 37.3 Å². The molecular weight excluding hydrogens is 152 g/mol. The largest absolute Gasteiger partial charge is 0.396 e. The summed E-state index contributed by atoms with van der Waals surface area (Å²) in [7, 11) is 0. The van der Waals surface area contributed by atoms with Crippen molar-refractivity contribution in [3.8, 4) is 0 Å². The number of carbonyl (C=O) groups excluding carboxylic acids is 1. The fourth-order valence-corrected chi connectivity index (χ4v) is 1.26. The number of rotatable bonds is 7. The molecule has 72 valence electrons. The summed E-state index contributed by atoms with van der Waals surface area (Å²) in [6, 6.07) is 0. The van der Waals surface area contributed by atoms with Gasteiger partial charge in [-0.1, -0.05) is 26.7 Å². The zero-order valence-corrected chi connectivity index (χ0v) is 8.18. The van der Waals surface area contributed by atoms with Crippen LogP contribution in [0.4, 0.5) is 0 Å². The number of aliphatic hydroxyl groups excluding tert-OH is 1. The smallest absolute Gasteiger partial charge is 0.138 e. The molecule has 0 rings (SSSR count). The molecule has 0 spiro atoms. The molecule has 0 aromatic rings. The van der Waals surface area contributed by atoms with Crippen LogP contribution in [0.15, 0.2) is 0 Å². The van der Waals surface area contributed by atoms with E-state index in [4.69, 9.17) is 5.11 Å². The minimum Gasteiger partial charge on any atom is -0.396 e. The molecule has 0 fully saturated rings. The van der Waals surface area contributed by atoms with Crippen LogP contribution in [0, 0.1) is 5.92 Å². The highest BCUT2D eigenvalue weighted by molar-refractivity contribution is 5.81. The van der Waals surface area contributed by atoms with E-state index in [9.17, 15) is 4.79 Å². The lowest BCUT2D eigenvalue weighted by Gasteiger charge is -2.10. The maximum atomic E-state index is 11.4. The van der Waals surface area contributed by atoms with Crippen LogP contribution in [0.3, 0.4) is 0 Å². The van der Waals surface area contributed by atoms with Crippen molar-refractivity contribution < 1.29 is 9.90 Å². The Labute approximate surface area is 75.0 Å². The minimum absolute atomic E-state index is 0.0242. The number of aliphatic hydroxyl groups is 1. The van der Waals surface area contributed by atoms with Crippen LogP contribution in [0.5, 0.6) is 0 Å². The standard InChI is InChI=1S/C10H20O2/c1-3-5-7-10(12)9(8-11)6-4-2/h9,11H,3-8H2,1-2H3. The average Bonchev–Trinajstić information content (AvgIpc) is 2.10. The van der Waals surface area contributed by atoms with Crippen LogP contribution in [0.25, 0.3) is 0 Å². The predicted molar refractivity (Wildman–Crippen MR) is 50.0 cm³/mol. The van der Waals surface area contributed by atoms with Crippen LogP contribution < -0.4 is 0 Å². The van der Waals surface area contributed by atoms with E-state index in [1.807, 2.05) is 6.92 Å². The molecule has 0 amide bonds. The van der Waals surface area contributed by atoms with E-state index in [0.29, 0.717) is 6.42 Å². The zero-order valence-electron chi connectivity index (χ0n) is 8.18. The molecule has 0 aromatic heterocycles. The van der Waals surface area contributed by atoms with Gasteiger partial charge in [0, 0.05) is 12.3 Å². The molecule has 2 nitrogen and oxygen atoms in total. The highest BCUT2D eigenvalue weighted by atomic mass is 16.3. The van der Waals surface area contributed by atoms with Crippen LogP contribution in [0.2, 0.25) is 0 Å². The van der Waals surface area contributed by atoms with E-state index in [0.717, 1.165) is 25.7 Å². The van der Waals surface area contributed by atoms with Crippen LogP contribution in [-0.4, -0.2) is 17.5 Å². The molecule has 0 aliphatic heterocycles. The maximum Gasteiger partial charge on any atom is 0.138 e. The summed E-state index contributed by atoms with van der Waals surface area (Å²) in [6.45, 7) is 4.13. The van der Waals surface area contributed by atoms with Crippen LogP contribution in [0.1, 0.15) is 46.0 Å². The van der Waals surface area contributed by atoms with E-state index in [2.05, 4.69) is 6.92 Å². The molecule has 0 heterocycles. The Hall–Kier alpha value is -0.370. The zero-order chi connectivity index (χ0) is 9.40. The van der Waals surface area contributed by atoms with Gasteiger partial charge in [0.05, 0.1) is 6.61 Å². The summed E-state index contributed by atoms with van der Waals surface area (Å²) >= 11 is 0. The Balaban J connectivity index is 3.69. The molecule has 0 aromatic carbocycles. The molecular formula is C10H20O2. The molecule has 0 saturated heterocycles. The van der Waals surface area contributed by atoms with E-state index >= 15 is 0 Å². The maximum absolute atomic E-state index is 11.4. The molecule has 0 aliphatic rings. The van der Waals surface area contributed by atoms with Crippen molar-refractivity contribution in [2.24, 2.45) is 5.92 Å². The van der Waals surface area contributed by atoms with Gasteiger partial charge in [0.25, 0.3) is 0 Å². The molecule has 12 heavy (non-hydrogen) atoms. The number of Topliss-reactive ketones (excluding diaryl/α,β-unsaturated/α-hetero) is 1. The SMILES string of the molecule is CCCCC(=O)C(CO)CCC. The first-order chi connectivity index (χ1) is 5.76. The highest BCUT2D eigenvalue weighted by Gasteiger charge is 2.14. The quantitative estimate of drug-likeness (QED) is 0.639. The predicted octanol–water partition coefficient (Wildman–Crippen LogP) is 2.15. The first kappa shape index (κ1) is 11.6. The summed E-state index contributed by atoms with van der Waals surface area (Å²) in [6.07, 6.45) is 4.46. The van der Waals surface area contributed by atoms with Crippen molar-refractivity contribution in [3.05, 3.63) is 0 Å². The lowest BCUT2D eigenvalue weighted by Crippen LogP contribution is -2.17. The van der Waals surface area contributed by atoms with Crippen LogP contribution in [-0.2, 0) is 4.79 Å². The van der Waals surface area contributed by atoms with Gasteiger partial charge in [0.15, 0.2) is 0 Å². The van der Waals surface area contributed by atoms with E-state index in [-0.39, 0.29) is 18.3 Å². The summed E-state index contributed by atoms with van der Waals surface area (Å²) in [5.74, 6) is 0.141. The third-order valence-electron chi connectivity index (χ3n) is 2.09. The molecule has 0 aliphatic carbocycles. The third kappa shape index (κ3) is 4.50. The van der Waals surface area contributed by atoms with Gasteiger partial charge in [-0.2, -0.15) is 0 Å². The van der Waals surface area contributed by atoms with Crippen molar-refractivity contribution >= 4 is 5.78 Å². The minimum atomic E-state index is -0.0958. The Morgan fingerprint density at radius 1 is 1.33 bits per heavy atom. The second-order valence-electron chi connectivity index (χ2n) is 3.24. The van der Waals surface area contributed by atoms with Crippen LogP contribution >= 0.6 is 0 Å². The van der Waals surface area contributed by atoms with Crippen molar-refractivity contribution in [1.82, 2.24) is 0 Å². The number of carbonyl (C=O) groups is 1. The van der Waals surface area contributed by atoms with Crippen molar-refractivity contribution in [2.45, 2.75) is 46.0 Å². The molecule has 0 bridgehead atoms. The summed E-state index contributed by atoms with van der Waals surface area (Å²) in [5, 5.41) is 8.91. The molecule has 0 saturated carbocycles. The molecule has 0 radical (unpaired) electrons. The van der Waals surface area contributed by atoms with Gasteiger partial charge in [-0.05, 0) is 12.8 Å². The number of hydrogen-bond donors (Lipinski definition) is 1. The third-order valence-corrected chi connectivity index (χ3v) is 2.09. The fraction of sp³-hybridized carbons (Fsp3) is 0.900. The van der Waals surface area contributed by atoms with Crippen molar-refractivity contribution in [1.29, 1.82) is 0 Å². The molecule has 1 unspecified atom stereocenters. The van der Waals surface area contributed by atoms with Gasteiger partial charge in [0.1, 0.15) is 5.78 Å². The second-order valence-corrected chi connectivity index (χ2v) is 3.24. The molecule has 2 heteroatoms. The van der Waals surface area contributed by atoms with E-state index in [1.54, 1.807) is 0 Å². The van der Waals surface area contributed by atoms with E-state index < -0.39 is 0 Å². The average molecular weight is 172 g/mol.